The average Bonchev–Trinajstić information content (AvgIpc) is 2.28. The first-order valence-electron chi connectivity index (χ1n) is 5.90. The molecule has 0 unspecified atom stereocenters. The first-order valence-corrected chi connectivity index (χ1v) is 5.90. The maximum atomic E-state index is 12.3. The van der Waals surface area contributed by atoms with E-state index in [1.54, 1.807) is 0 Å². The highest BCUT2D eigenvalue weighted by Gasteiger charge is 2.27. The molecule has 0 aromatic heterocycles. The van der Waals surface area contributed by atoms with E-state index < -0.39 is 5.54 Å². The van der Waals surface area contributed by atoms with Crippen LogP contribution in [0.2, 0.25) is 0 Å². The molecule has 0 bridgehead atoms. The topological polar surface area (TPSA) is 29.1 Å². The highest BCUT2D eigenvalue weighted by Crippen LogP contribution is 2.14. The van der Waals surface area contributed by atoms with E-state index in [0.29, 0.717) is 0 Å². The largest absolute Gasteiger partial charge is 0.305 e. The lowest BCUT2D eigenvalue weighted by atomic mass is 9.92. The molecule has 0 spiro atoms. The average molecular weight is 219 g/mol. The summed E-state index contributed by atoms with van der Waals surface area (Å²) < 4.78 is 0. The quantitative estimate of drug-likeness (QED) is 0.772. The van der Waals surface area contributed by atoms with E-state index in [0.717, 1.165) is 18.5 Å². The maximum absolute atomic E-state index is 12.3. The van der Waals surface area contributed by atoms with Crippen molar-refractivity contribution in [1.82, 2.24) is 5.32 Å². The molecule has 0 saturated carbocycles. The summed E-state index contributed by atoms with van der Waals surface area (Å²) in [6.45, 7) is 8.76. The van der Waals surface area contributed by atoms with Crippen molar-refractivity contribution in [1.29, 1.82) is 0 Å². The van der Waals surface area contributed by atoms with E-state index in [2.05, 4.69) is 18.3 Å². The van der Waals surface area contributed by atoms with Crippen molar-refractivity contribution in [3.05, 3.63) is 35.4 Å². The molecule has 0 heterocycles. The molecule has 16 heavy (non-hydrogen) atoms. The molecule has 88 valence electrons. The van der Waals surface area contributed by atoms with Crippen LogP contribution in [0.15, 0.2) is 24.3 Å². The summed E-state index contributed by atoms with van der Waals surface area (Å²) in [6.07, 6.45) is 0.961. The molecule has 2 nitrogen and oxygen atoms in total. The second-order valence-corrected chi connectivity index (χ2v) is 4.54. The number of hydrogen-bond donors (Lipinski definition) is 1. The minimum absolute atomic E-state index is 0.157. The molecule has 1 aromatic rings. The van der Waals surface area contributed by atoms with Crippen molar-refractivity contribution in [2.45, 2.75) is 39.7 Å². The molecule has 0 amide bonds. The summed E-state index contributed by atoms with van der Waals surface area (Å²) in [7, 11) is 0. The SMILES string of the molecule is CCNC(C)(C)C(=O)c1cccc(CC)c1. The van der Waals surface area contributed by atoms with Crippen molar-refractivity contribution in [2.24, 2.45) is 0 Å². The molecule has 0 atom stereocenters. The third-order valence-electron chi connectivity index (χ3n) is 2.78. The van der Waals surface area contributed by atoms with Gasteiger partial charge in [0.15, 0.2) is 5.78 Å². The van der Waals surface area contributed by atoms with E-state index in [4.69, 9.17) is 0 Å². The van der Waals surface area contributed by atoms with Crippen molar-refractivity contribution in [3.63, 3.8) is 0 Å². The van der Waals surface area contributed by atoms with Gasteiger partial charge < -0.3 is 5.32 Å². The van der Waals surface area contributed by atoms with Gasteiger partial charge in [-0.15, -0.1) is 0 Å². The minimum Gasteiger partial charge on any atom is -0.305 e. The Labute approximate surface area is 98.1 Å². The van der Waals surface area contributed by atoms with Crippen molar-refractivity contribution >= 4 is 5.78 Å². The molecule has 0 radical (unpaired) electrons. The third kappa shape index (κ3) is 2.92. The van der Waals surface area contributed by atoms with Gasteiger partial charge in [0.05, 0.1) is 5.54 Å². The Morgan fingerprint density at radius 2 is 2.00 bits per heavy atom. The number of Topliss-reactive ketones (excluding diaryl/α,β-unsaturated/α-hetero) is 1. The number of ketones is 1. The number of rotatable bonds is 5. The lowest BCUT2D eigenvalue weighted by Gasteiger charge is -2.24. The molecule has 1 rings (SSSR count). The standard InChI is InChI=1S/C14H21NO/c1-5-11-8-7-9-12(10-11)13(16)14(3,4)15-6-2/h7-10,15H,5-6H2,1-4H3. The minimum atomic E-state index is -0.485. The Bertz CT molecular complexity index is 369. The van der Waals surface area contributed by atoms with E-state index in [1.807, 2.05) is 39.0 Å². The molecule has 0 aliphatic carbocycles. The number of aryl methyl sites for hydroxylation is 1. The van der Waals surface area contributed by atoms with Crippen LogP contribution in [-0.4, -0.2) is 17.9 Å². The fraction of sp³-hybridized carbons (Fsp3) is 0.500. The Morgan fingerprint density at radius 3 is 2.56 bits per heavy atom. The van der Waals surface area contributed by atoms with E-state index >= 15 is 0 Å². The van der Waals surface area contributed by atoms with Gasteiger partial charge in [0.2, 0.25) is 0 Å². The van der Waals surface area contributed by atoms with E-state index in [-0.39, 0.29) is 5.78 Å². The van der Waals surface area contributed by atoms with E-state index in [1.165, 1.54) is 5.56 Å². The highest BCUT2D eigenvalue weighted by molar-refractivity contribution is 6.02. The molecule has 0 saturated heterocycles. The molecule has 1 N–H and O–H groups in total. The van der Waals surface area contributed by atoms with Crippen LogP contribution in [0.4, 0.5) is 0 Å². The van der Waals surface area contributed by atoms with Crippen LogP contribution in [0, 0.1) is 0 Å². The van der Waals surface area contributed by atoms with Gasteiger partial charge in [0, 0.05) is 5.56 Å². The Morgan fingerprint density at radius 1 is 1.31 bits per heavy atom. The summed E-state index contributed by atoms with van der Waals surface area (Å²) in [4.78, 5) is 12.3. The first-order chi connectivity index (χ1) is 7.51. The van der Waals surface area contributed by atoms with Crippen molar-refractivity contribution < 1.29 is 4.79 Å². The van der Waals surface area contributed by atoms with E-state index in [9.17, 15) is 4.79 Å². The fourth-order valence-corrected chi connectivity index (χ4v) is 1.82. The lowest BCUT2D eigenvalue weighted by molar-refractivity contribution is 0.0884. The summed E-state index contributed by atoms with van der Waals surface area (Å²) in [5.41, 5.74) is 1.52. The summed E-state index contributed by atoms with van der Waals surface area (Å²) in [5, 5.41) is 3.21. The van der Waals surface area contributed by atoms with Crippen LogP contribution in [-0.2, 0) is 6.42 Å². The molecular weight excluding hydrogens is 198 g/mol. The predicted molar refractivity (Wildman–Crippen MR) is 67.9 cm³/mol. The van der Waals surface area contributed by atoms with Crippen LogP contribution in [0.3, 0.4) is 0 Å². The van der Waals surface area contributed by atoms with Crippen LogP contribution in [0.1, 0.15) is 43.6 Å². The molecular formula is C14H21NO. The molecule has 1 aromatic carbocycles. The van der Waals surface area contributed by atoms with Gasteiger partial charge in [-0.3, -0.25) is 4.79 Å². The number of benzene rings is 1. The Balaban J connectivity index is 2.95. The third-order valence-corrected chi connectivity index (χ3v) is 2.78. The predicted octanol–water partition coefficient (Wildman–Crippen LogP) is 2.82. The van der Waals surface area contributed by atoms with Gasteiger partial charge >= 0.3 is 0 Å². The second-order valence-electron chi connectivity index (χ2n) is 4.54. The number of carbonyl (C=O) groups is 1. The zero-order chi connectivity index (χ0) is 12.2. The monoisotopic (exact) mass is 219 g/mol. The van der Waals surface area contributed by atoms with Crippen LogP contribution in [0.5, 0.6) is 0 Å². The second kappa shape index (κ2) is 5.26. The summed E-state index contributed by atoms with van der Waals surface area (Å²) in [6, 6.07) is 7.88. The number of hydrogen-bond acceptors (Lipinski definition) is 2. The molecule has 0 aliphatic heterocycles. The van der Waals surface area contributed by atoms with Gasteiger partial charge in [-0.2, -0.15) is 0 Å². The zero-order valence-electron chi connectivity index (χ0n) is 10.6. The normalized spacial score (nSPS) is 11.5. The number of nitrogens with one attached hydrogen (secondary N) is 1. The smallest absolute Gasteiger partial charge is 0.182 e. The van der Waals surface area contributed by atoms with Gasteiger partial charge in [-0.25, -0.2) is 0 Å². The Hall–Kier alpha value is -1.15. The van der Waals surface area contributed by atoms with Gasteiger partial charge in [-0.05, 0) is 38.4 Å². The molecule has 0 aliphatic rings. The van der Waals surface area contributed by atoms with Crippen LogP contribution in [0.25, 0.3) is 0 Å². The van der Waals surface area contributed by atoms with Gasteiger partial charge in [0.25, 0.3) is 0 Å². The number of carbonyl (C=O) groups excluding carboxylic acids is 1. The lowest BCUT2D eigenvalue weighted by Crippen LogP contribution is -2.46. The molecule has 0 fully saturated rings. The van der Waals surface area contributed by atoms with Crippen molar-refractivity contribution in [3.8, 4) is 0 Å². The summed E-state index contributed by atoms with van der Waals surface area (Å²) in [5.74, 6) is 0.157. The van der Waals surface area contributed by atoms with Crippen LogP contribution < -0.4 is 5.32 Å². The maximum Gasteiger partial charge on any atom is 0.182 e. The van der Waals surface area contributed by atoms with Crippen molar-refractivity contribution in [2.75, 3.05) is 6.54 Å². The van der Waals surface area contributed by atoms with Gasteiger partial charge in [0.1, 0.15) is 0 Å². The number of likely N-dealkylation sites (N-methyl/N-ethyl adjacent to an activating group) is 1. The zero-order valence-corrected chi connectivity index (χ0v) is 10.6. The summed E-state index contributed by atoms with van der Waals surface area (Å²) >= 11 is 0. The highest BCUT2D eigenvalue weighted by atomic mass is 16.1. The Kier molecular flexibility index (Phi) is 4.25. The van der Waals surface area contributed by atoms with Crippen LogP contribution >= 0.6 is 0 Å². The molecule has 2 heteroatoms. The van der Waals surface area contributed by atoms with Gasteiger partial charge in [-0.1, -0.05) is 32.0 Å². The first kappa shape index (κ1) is 12.9. The fourth-order valence-electron chi connectivity index (χ4n) is 1.82.